The molecular formula is C20H29NSi. The minimum Gasteiger partial charge on any atom is -0.348 e. The van der Waals surface area contributed by atoms with E-state index in [1.54, 1.807) is 0 Å². The molecule has 0 saturated heterocycles. The van der Waals surface area contributed by atoms with Gasteiger partial charge in [0.05, 0.1) is 5.69 Å². The molecule has 0 aliphatic carbocycles. The summed E-state index contributed by atoms with van der Waals surface area (Å²) >= 11 is 0. The maximum Gasteiger partial charge on any atom is 0.146 e. The number of aromatic amines is 1. The van der Waals surface area contributed by atoms with Crippen LogP contribution < -0.4 is 0 Å². The van der Waals surface area contributed by atoms with Gasteiger partial charge >= 0.3 is 0 Å². The molecule has 2 heteroatoms. The molecule has 0 aliphatic heterocycles. The first kappa shape index (κ1) is 16.9. The molecule has 0 spiro atoms. The predicted molar refractivity (Wildman–Crippen MR) is 101 cm³/mol. The topological polar surface area (TPSA) is 15.8 Å². The smallest absolute Gasteiger partial charge is 0.146 e. The molecule has 0 atom stereocenters. The number of hydrogen-bond acceptors (Lipinski definition) is 0. The highest BCUT2D eigenvalue weighted by molar-refractivity contribution is 6.90. The van der Waals surface area contributed by atoms with Crippen LogP contribution in [0.15, 0.2) is 24.3 Å². The van der Waals surface area contributed by atoms with Crippen molar-refractivity contribution in [1.82, 2.24) is 4.98 Å². The van der Waals surface area contributed by atoms with Crippen molar-refractivity contribution >= 4 is 19.0 Å². The maximum atomic E-state index is 3.81. The van der Waals surface area contributed by atoms with Gasteiger partial charge in [0, 0.05) is 10.9 Å². The van der Waals surface area contributed by atoms with Gasteiger partial charge in [-0.15, -0.1) is 5.54 Å². The van der Waals surface area contributed by atoms with Gasteiger partial charge in [0.15, 0.2) is 0 Å². The minimum absolute atomic E-state index is 0.671. The molecule has 1 heterocycles. The third-order valence-corrected chi connectivity index (χ3v) is 11.5. The molecule has 1 N–H and O–H groups in total. The Kier molecular flexibility index (Phi) is 4.87. The number of fused-ring (bicyclic) bond motifs is 1. The van der Waals surface area contributed by atoms with E-state index in [0.717, 1.165) is 5.69 Å². The minimum atomic E-state index is -1.66. The number of aryl methyl sites for hydroxylation is 1. The van der Waals surface area contributed by atoms with Gasteiger partial charge in [0.25, 0.3) is 0 Å². The van der Waals surface area contributed by atoms with Crippen LogP contribution in [0.2, 0.25) is 16.6 Å². The number of H-pyrrole nitrogens is 1. The number of rotatable bonds is 3. The number of aromatic nitrogens is 1. The highest BCUT2D eigenvalue weighted by Gasteiger charge is 2.41. The van der Waals surface area contributed by atoms with Gasteiger partial charge in [-0.3, -0.25) is 0 Å². The molecule has 0 radical (unpaired) electrons. The normalized spacial score (nSPS) is 12.3. The Labute approximate surface area is 136 Å². The van der Waals surface area contributed by atoms with Crippen LogP contribution in [0.1, 0.15) is 52.8 Å². The molecule has 0 fully saturated rings. The van der Waals surface area contributed by atoms with E-state index in [9.17, 15) is 0 Å². The summed E-state index contributed by atoms with van der Waals surface area (Å²) in [6.07, 6.45) is 0. The molecule has 22 heavy (non-hydrogen) atoms. The highest BCUT2D eigenvalue weighted by atomic mass is 28.3. The van der Waals surface area contributed by atoms with E-state index < -0.39 is 8.07 Å². The largest absolute Gasteiger partial charge is 0.348 e. The number of benzene rings is 1. The molecule has 118 valence electrons. The van der Waals surface area contributed by atoms with E-state index >= 15 is 0 Å². The zero-order chi connectivity index (χ0) is 16.5. The standard InChI is InChI=1S/C20H29NSi/c1-14(2)22(15(3)4,16(5)6)13-12-19-17(7)18-10-8-9-11-20(18)21-19/h8-11,14-16,21H,1-7H3. The molecule has 1 nitrogen and oxygen atoms in total. The summed E-state index contributed by atoms with van der Waals surface area (Å²) < 4.78 is 0. The van der Waals surface area contributed by atoms with Crippen LogP contribution in [0.25, 0.3) is 10.9 Å². The van der Waals surface area contributed by atoms with Gasteiger partial charge in [-0.2, -0.15) is 0 Å². The SMILES string of the molecule is Cc1c(C#C[Si](C(C)C)(C(C)C)C(C)C)[nH]c2ccccc12. The molecule has 0 aliphatic rings. The summed E-state index contributed by atoms with van der Waals surface area (Å²) in [4.78, 5) is 3.50. The van der Waals surface area contributed by atoms with E-state index in [0.29, 0.717) is 16.6 Å². The fraction of sp³-hybridized carbons (Fsp3) is 0.500. The quantitative estimate of drug-likeness (QED) is 0.525. The van der Waals surface area contributed by atoms with Crippen LogP contribution >= 0.6 is 0 Å². The van der Waals surface area contributed by atoms with Crippen molar-refractivity contribution in [2.24, 2.45) is 0 Å². The molecule has 2 aromatic rings. The Morgan fingerprint density at radius 3 is 1.95 bits per heavy atom. The Balaban J connectivity index is 2.55. The lowest BCUT2D eigenvalue weighted by molar-refractivity contribution is 0.838. The zero-order valence-electron chi connectivity index (χ0n) is 15.0. The van der Waals surface area contributed by atoms with Crippen molar-refractivity contribution in [1.29, 1.82) is 0 Å². The van der Waals surface area contributed by atoms with Crippen molar-refractivity contribution in [3.63, 3.8) is 0 Å². The van der Waals surface area contributed by atoms with E-state index in [4.69, 9.17) is 0 Å². The first-order valence-electron chi connectivity index (χ1n) is 8.41. The van der Waals surface area contributed by atoms with Crippen molar-refractivity contribution in [3.05, 3.63) is 35.5 Å². The second-order valence-corrected chi connectivity index (χ2v) is 12.9. The highest BCUT2D eigenvalue weighted by Crippen LogP contribution is 2.40. The van der Waals surface area contributed by atoms with E-state index in [1.165, 1.54) is 16.5 Å². The van der Waals surface area contributed by atoms with Crippen LogP contribution in [0.3, 0.4) is 0 Å². The van der Waals surface area contributed by atoms with Crippen molar-refractivity contribution in [3.8, 4) is 11.5 Å². The molecule has 0 bridgehead atoms. The molecular weight excluding hydrogens is 282 g/mol. The van der Waals surface area contributed by atoms with Crippen LogP contribution in [0.5, 0.6) is 0 Å². The lowest BCUT2D eigenvalue weighted by Gasteiger charge is -2.38. The average molecular weight is 312 g/mol. The summed E-state index contributed by atoms with van der Waals surface area (Å²) in [7, 11) is -1.66. The second-order valence-electron chi connectivity index (χ2n) is 7.32. The van der Waals surface area contributed by atoms with Gasteiger partial charge in [0.1, 0.15) is 8.07 Å². The fourth-order valence-electron chi connectivity index (χ4n) is 4.01. The van der Waals surface area contributed by atoms with E-state index in [-0.39, 0.29) is 0 Å². The maximum absolute atomic E-state index is 3.81. The Hall–Kier alpha value is -1.46. The van der Waals surface area contributed by atoms with Gasteiger partial charge < -0.3 is 4.98 Å². The lowest BCUT2D eigenvalue weighted by Crippen LogP contribution is -2.43. The molecule has 2 rings (SSSR count). The monoisotopic (exact) mass is 311 g/mol. The van der Waals surface area contributed by atoms with Gasteiger partial charge in [0.2, 0.25) is 0 Å². The fourth-order valence-corrected chi connectivity index (χ4v) is 9.22. The number of para-hydroxylation sites is 1. The Morgan fingerprint density at radius 2 is 1.45 bits per heavy atom. The molecule has 0 unspecified atom stereocenters. The Bertz CT molecular complexity index is 688. The summed E-state index contributed by atoms with van der Waals surface area (Å²) in [5, 5.41) is 1.29. The summed E-state index contributed by atoms with van der Waals surface area (Å²) in [6, 6.07) is 8.47. The first-order valence-corrected chi connectivity index (χ1v) is 10.6. The third-order valence-electron chi connectivity index (χ3n) is 5.24. The van der Waals surface area contributed by atoms with Gasteiger partial charge in [-0.1, -0.05) is 65.7 Å². The van der Waals surface area contributed by atoms with E-state index in [1.807, 2.05) is 0 Å². The molecule has 1 aromatic carbocycles. The third kappa shape index (κ3) is 2.75. The first-order chi connectivity index (χ1) is 10.3. The lowest BCUT2D eigenvalue weighted by atomic mass is 10.1. The van der Waals surface area contributed by atoms with Crippen LogP contribution in [0, 0.1) is 18.4 Å². The van der Waals surface area contributed by atoms with Crippen molar-refractivity contribution < 1.29 is 0 Å². The predicted octanol–water partition coefficient (Wildman–Crippen LogP) is 6.05. The van der Waals surface area contributed by atoms with Gasteiger partial charge in [-0.05, 0) is 35.2 Å². The van der Waals surface area contributed by atoms with Crippen LogP contribution in [-0.2, 0) is 0 Å². The average Bonchev–Trinajstić information content (AvgIpc) is 2.76. The molecule has 1 aromatic heterocycles. The van der Waals surface area contributed by atoms with Crippen molar-refractivity contribution in [2.75, 3.05) is 0 Å². The Morgan fingerprint density at radius 1 is 0.909 bits per heavy atom. The van der Waals surface area contributed by atoms with Crippen molar-refractivity contribution in [2.45, 2.75) is 65.1 Å². The molecule has 0 amide bonds. The van der Waals surface area contributed by atoms with E-state index in [2.05, 4.69) is 89.2 Å². The zero-order valence-corrected chi connectivity index (χ0v) is 16.0. The summed E-state index contributed by atoms with van der Waals surface area (Å²) in [6.45, 7) is 16.3. The van der Waals surface area contributed by atoms with Crippen LogP contribution in [-0.4, -0.2) is 13.1 Å². The van der Waals surface area contributed by atoms with Gasteiger partial charge in [-0.25, -0.2) is 0 Å². The number of hydrogen-bond donors (Lipinski definition) is 1. The summed E-state index contributed by atoms with van der Waals surface area (Å²) in [5.41, 5.74) is 9.39. The molecule has 0 saturated carbocycles. The summed E-state index contributed by atoms with van der Waals surface area (Å²) in [5.74, 6) is 3.54. The van der Waals surface area contributed by atoms with Crippen LogP contribution in [0.4, 0.5) is 0 Å². The second kappa shape index (κ2) is 6.34. The number of nitrogens with one attached hydrogen (secondary N) is 1.